The summed E-state index contributed by atoms with van der Waals surface area (Å²) >= 11 is 15.0. The molecule has 1 fully saturated rings. The van der Waals surface area contributed by atoms with Crippen LogP contribution in [0.15, 0.2) is 82.8 Å². The third-order valence-corrected chi connectivity index (χ3v) is 6.27. The average molecular weight is 553 g/mol. The number of hydrogen-bond donors (Lipinski definition) is 2. The number of halogens is 2. The van der Waals surface area contributed by atoms with Crippen molar-refractivity contribution < 1.29 is 9.59 Å². The maximum absolute atomic E-state index is 13.5. The van der Waals surface area contributed by atoms with Gasteiger partial charge in [-0.05, 0) is 72.4 Å². The number of anilines is 2. The molecule has 10 heteroatoms. The van der Waals surface area contributed by atoms with Gasteiger partial charge in [-0.15, -0.1) is 0 Å². The van der Waals surface area contributed by atoms with Crippen molar-refractivity contribution in [2.75, 3.05) is 10.3 Å². The number of amides is 2. The number of fused-ring (bicyclic) bond motifs is 1. The lowest BCUT2D eigenvalue weighted by atomic mass is 10.1. The van der Waals surface area contributed by atoms with Gasteiger partial charge in [0.15, 0.2) is 0 Å². The van der Waals surface area contributed by atoms with E-state index in [4.69, 9.17) is 23.8 Å². The third kappa shape index (κ3) is 4.21. The quantitative estimate of drug-likeness (QED) is 0.197. The van der Waals surface area contributed by atoms with Crippen molar-refractivity contribution in [3.8, 4) is 0 Å². The molecule has 4 aromatic rings. The zero-order chi connectivity index (χ0) is 23.8. The fraction of sp³-hybridized carbons (Fsp3) is 0. The summed E-state index contributed by atoms with van der Waals surface area (Å²) in [5, 5.41) is 1.67. The van der Waals surface area contributed by atoms with E-state index in [0.717, 1.165) is 20.5 Å². The van der Waals surface area contributed by atoms with Crippen LogP contribution in [0.5, 0.6) is 0 Å². The van der Waals surface area contributed by atoms with Crippen molar-refractivity contribution in [3.05, 3.63) is 93.4 Å². The topological polar surface area (TPSA) is 81.3 Å². The van der Waals surface area contributed by atoms with Crippen LogP contribution in [0.2, 0.25) is 5.02 Å². The Bertz CT molecular complexity index is 1430. The number of imidazole rings is 1. The molecule has 1 aromatic heterocycles. The molecule has 1 aliphatic rings. The molecule has 0 radical (unpaired) electrons. The van der Waals surface area contributed by atoms with Crippen LogP contribution in [0.25, 0.3) is 17.1 Å². The molecule has 2 N–H and O–H groups in total. The molecule has 1 saturated heterocycles. The predicted octanol–water partition coefficient (Wildman–Crippen LogP) is 5.55. The minimum absolute atomic E-state index is 0.0222. The van der Waals surface area contributed by atoms with Gasteiger partial charge in [0.1, 0.15) is 5.57 Å². The molecule has 0 bridgehead atoms. The first-order valence-electron chi connectivity index (χ1n) is 10.1. The van der Waals surface area contributed by atoms with Crippen LogP contribution in [0.4, 0.5) is 11.6 Å². The van der Waals surface area contributed by atoms with Crippen LogP contribution in [0.1, 0.15) is 5.56 Å². The van der Waals surface area contributed by atoms with Gasteiger partial charge in [0, 0.05) is 9.50 Å². The van der Waals surface area contributed by atoms with E-state index in [2.05, 4.69) is 31.3 Å². The Morgan fingerprint density at radius 3 is 2.38 bits per heavy atom. The predicted molar refractivity (Wildman–Crippen MR) is 140 cm³/mol. The summed E-state index contributed by atoms with van der Waals surface area (Å²) in [4.78, 5) is 35.8. The van der Waals surface area contributed by atoms with Crippen LogP contribution >= 0.6 is 39.7 Å². The zero-order valence-corrected chi connectivity index (χ0v) is 20.5. The summed E-state index contributed by atoms with van der Waals surface area (Å²) in [6, 6.07) is 21.3. The van der Waals surface area contributed by atoms with Gasteiger partial charge < -0.3 is 4.98 Å². The highest BCUT2D eigenvalue weighted by Crippen LogP contribution is 2.28. The molecule has 2 amide bonds. The van der Waals surface area contributed by atoms with E-state index in [-0.39, 0.29) is 10.7 Å². The van der Waals surface area contributed by atoms with Gasteiger partial charge in [0.25, 0.3) is 11.8 Å². The van der Waals surface area contributed by atoms with E-state index < -0.39 is 11.8 Å². The van der Waals surface area contributed by atoms with Crippen LogP contribution in [0.3, 0.4) is 0 Å². The van der Waals surface area contributed by atoms with Gasteiger partial charge >= 0.3 is 0 Å². The lowest BCUT2D eigenvalue weighted by molar-refractivity contribution is -0.127. The van der Waals surface area contributed by atoms with E-state index in [9.17, 15) is 9.59 Å². The molecule has 7 nitrogen and oxygen atoms in total. The number of benzene rings is 3. The fourth-order valence-electron chi connectivity index (χ4n) is 3.48. The molecular formula is C24H15BrClN5O2S. The van der Waals surface area contributed by atoms with Crippen molar-refractivity contribution >= 4 is 85.4 Å². The number of hydrazine groups is 1. The maximum Gasteiger partial charge on any atom is 0.284 e. The molecule has 0 saturated carbocycles. The summed E-state index contributed by atoms with van der Waals surface area (Å²) in [5.74, 6) is -0.818. The van der Waals surface area contributed by atoms with Crippen LogP contribution in [-0.4, -0.2) is 31.9 Å². The minimum Gasteiger partial charge on any atom is -0.323 e. The lowest BCUT2D eigenvalue weighted by Crippen LogP contribution is -2.58. The molecule has 3 aromatic carbocycles. The molecule has 1 aliphatic heterocycles. The number of thiocarbonyl (C=S) groups is 1. The molecule has 168 valence electrons. The molecule has 2 heterocycles. The zero-order valence-electron chi connectivity index (χ0n) is 17.3. The number of para-hydroxylation sites is 2. The Morgan fingerprint density at radius 2 is 1.68 bits per heavy atom. The number of carbonyl (C=O) groups excluding carboxylic acids is 2. The Kier molecular flexibility index (Phi) is 5.91. The highest BCUT2D eigenvalue weighted by molar-refractivity contribution is 9.10. The average Bonchev–Trinajstić information content (AvgIpc) is 3.25. The number of rotatable bonds is 4. The summed E-state index contributed by atoms with van der Waals surface area (Å²) in [7, 11) is 0. The second-order valence-electron chi connectivity index (χ2n) is 7.36. The molecule has 34 heavy (non-hydrogen) atoms. The highest BCUT2D eigenvalue weighted by Gasteiger charge is 2.41. The summed E-state index contributed by atoms with van der Waals surface area (Å²) < 4.78 is 0.844. The van der Waals surface area contributed by atoms with Crippen molar-refractivity contribution in [3.63, 3.8) is 0 Å². The molecule has 5 rings (SSSR count). The Morgan fingerprint density at radius 1 is 0.971 bits per heavy atom. The second-order valence-corrected chi connectivity index (χ2v) is 9.08. The van der Waals surface area contributed by atoms with Gasteiger partial charge in [0.05, 0.1) is 16.7 Å². The van der Waals surface area contributed by atoms with E-state index in [1.165, 1.54) is 11.0 Å². The Labute approximate surface area is 213 Å². The Balaban J connectivity index is 1.58. The standard InChI is InChI=1S/C24H15BrClN5O2S/c25-15-7-11-17(12-8-15)30-21(32)18(13-14-5-9-16(26)10-6-14)22(33)31(24(30)34)29-23-27-19-3-1-2-4-20(19)28-23/h1-13H,(H2,27,28,29)/b18-13+. The van der Waals surface area contributed by atoms with Gasteiger partial charge in [-0.25, -0.2) is 4.98 Å². The lowest BCUT2D eigenvalue weighted by Gasteiger charge is -2.36. The summed E-state index contributed by atoms with van der Waals surface area (Å²) in [6.07, 6.45) is 1.52. The van der Waals surface area contributed by atoms with E-state index >= 15 is 0 Å². The van der Waals surface area contributed by atoms with Gasteiger partial charge in [-0.3, -0.25) is 19.9 Å². The van der Waals surface area contributed by atoms with E-state index in [0.29, 0.717) is 22.2 Å². The van der Waals surface area contributed by atoms with Gasteiger partial charge in [0.2, 0.25) is 11.1 Å². The maximum atomic E-state index is 13.5. The largest absolute Gasteiger partial charge is 0.323 e. The highest BCUT2D eigenvalue weighted by atomic mass is 79.9. The first-order chi connectivity index (χ1) is 16.4. The number of hydrogen-bond acceptors (Lipinski definition) is 5. The van der Waals surface area contributed by atoms with Crippen molar-refractivity contribution in [1.82, 2.24) is 15.0 Å². The molecule has 0 spiro atoms. The normalized spacial score (nSPS) is 15.5. The first-order valence-corrected chi connectivity index (χ1v) is 11.7. The van der Waals surface area contributed by atoms with Crippen molar-refractivity contribution in [2.45, 2.75) is 0 Å². The van der Waals surface area contributed by atoms with Crippen LogP contribution in [-0.2, 0) is 9.59 Å². The number of aromatic nitrogens is 2. The van der Waals surface area contributed by atoms with E-state index in [1.54, 1.807) is 48.5 Å². The second kappa shape index (κ2) is 9.02. The summed E-state index contributed by atoms with van der Waals surface area (Å²) in [5.41, 5.74) is 5.54. The first kappa shape index (κ1) is 22.3. The molecule has 0 unspecified atom stereocenters. The van der Waals surface area contributed by atoms with Crippen molar-refractivity contribution in [2.24, 2.45) is 0 Å². The SMILES string of the molecule is O=C1/C(=C/c2ccc(Cl)cc2)C(=O)N(c2ccc(Br)cc2)C(=S)N1Nc1nc2ccccc2[nH]1. The van der Waals surface area contributed by atoms with Crippen LogP contribution in [0, 0.1) is 0 Å². The number of aromatic amines is 1. The Hall–Kier alpha value is -3.53. The summed E-state index contributed by atoms with van der Waals surface area (Å²) in [6.45, 7) is 0. The fourth-order valence-corrected chi connectivity index (χ4v) is 4.19. The molecule has 0 atom stereocenters. The van der Waals surface area contributed by atoms with Gasteiger partial charge in [-0.1, -0.05) is 51.8 Å². The number of nitrogens with zero attached hydrogens (tertiary/aromatic N) is 3. The van der Waals surface area contributed by atoms with Gasteiger partial charge in [-0.2, -0.15) is 5.01 Å². The molecule has 0 aliphatic carbocycles. The molecular weight excluding hydrogens is 538 g/mol. The minimum atomic E-state index is -0.598. The third-order valence-electron chi connectivity index (χ3n) is 5.12. The smallest absolute Gasteiger partial charge is 0.284 e. The number of carbonyl (C=O) groups is 2. The number of nitrogens with one attached hydrogen (secondary N) is 2. The van der Waals surface area contributed by atoms with Crippen LogP contribution < -0.4 is 10.3 Å². The monoisotopic (exact) mass is 551 g/mol. The van der Waals surface area contributed by atoms with Crippen molar-refractivity contribution in [1.29, 1.82) is 0 Å². The van der Waals surface area contributed by atoms with E-state index in [1.807, 2.05) is 24.3 Å². The number of H-pyrrole nitrogens is 1.